The van der Waals surface area contributed by atoms with E-state index in [0.29, 0.717) is 11.3 Å². The van der Waals surface area contributed by atoms with E-state index < -0.39 is 17.9 Å². The molecule has 6 nitrogen and oxygen atoms in total. The van der Waals surface area contributed by atoms with Gasteiger partial charge in [0.15, 0.2) is 0 Å². The van der Waals surface area contributed by atoms with E-state index >= 15 is 0 Å². The molecule has 0 aromatic heterocycles. The van der Waals surface area contributed by atoms with Crippen molar-refractivity contribution in [3.8, 4) is 0 Å². The SMILES string of the molecule is Cc1cc(N2CC(C(=O)NC(C)CC(=O)O)CC2=O)ccc1F. The number of rotatable bonds is 5. The van der Waals surface area contributed by atoms with Crippen LogP contribution in [0.3, 0.4) is 0 Å². The predicted octanol–water partition coefficient (Wildman–Crippen LogP) is 1.47. The van der Waals surface area contributed by atoms with Crippen LogP contribution in [0.15, 0.2) is 18.2 Å². The Balaban J connectivity index is 2.03. The third-order valence-corrected chi connectivity index (χ3v) is 3.82. The zero-order valence-electron chi connectivity index (χ0n) is 13.0. The third-order valence-electron chi connectivity index (χ3n) is 3.82. The van der Waals surface area contributed by atoms with Gasteiger partial charge in [0.1, 0.15) is 5.82 Å². The van der Waals surface area contributed by atoms with Crippen molar-refractivity contribution in [2.45, 2.75) is 32.7 Å². The maximum absolute atomic E-state index is 13.3. The summed E-state index contributed by atoms with van der Waals surface area (Å²) in [6.07, 6.45) is -0.116. The highest BCUT2D eigenvalue weighted by Gasteiger charge is 2.35. The van der Waals surface area contributed by atoms with Crippen molar-refractivity contribution >= 4 is 23.5 Å². The summed E-state index contributed by atoms with van der Waals surface area (Å²) in [4.78, 5) is 36.3. The third kappa shape index (κ3) is 4.06. The number of nitrogens with one attached hydrogen (secondary N) is 1. The van der Waals surface area contributed by atoms with Gasteiger partial charge < -0.3 is 15.3 Å². The minimum absolute atomic E-state index is 0.0576. The topological polar surface area (TPSA) is 86.7 Å². The van der Waals surface area contributed by atoms with Crippen LogP contribution in [0.1, 0.15) is 25.3 Å². The summed E-state index contributed by atoms with van der Waals surface area (Å²) in [5, 5.41) is 11.3. The first kappa shape index (κ1) is 16.9. The Kier molecular flexibility index (Phi) is 4.98. The lowest BCUT2D eigenvalue weighted by Gasteiger charge is -2.18. The molecule has 0 bridgehead atoms. The van der Waals surface area contributed by atoms with Gasteiger partial charge in [-0.15, -0.1) is 0 Å². The summed E-state index contributed by atoms with van der Waals surface area (Å²) in [7, 11) is 0. The highest BCUT2D eigenvalue weighted by atomic mass is 19.1. The molecule has 2 rings (SSSR count). The Labute approximate surface area is 133 Å². The molecule has 1 aromatic carbocycles. The Morgan fingerprint density at radius 3 is 2.78 bits per heavy atom. The van der Waals surface area contributed by atoms with Gasteiger partial charge in [0, 0.05) is 24.7 Å². The number of carboxylic acid groups (broad SMARTS) is 1. The molecule has 0 radical (unpaired) electrons. The number of carbonyl (C=O) groups excluding carboxylic acids is 2. The Morgan fingerprint density at radius 1 is 1.48 bits per heavy atom. The van der Waals surface area contributed by atoms with Gasteiger partial charge in [-0.1, -0.05) is 0 Å². The number of aliphatic carboxylic acids is 1. The van der Waals surface area contributed by atoms with E-state index in [2.05, 4.69) is 5.32 Å². The van der Waals surface area contributed by atoms with Gasteiger partial charge >= 0.3 is 5.97 Å². The molecule has 0 spiro atoms. The largest absolute Gasteiger partial charge is 0.481 e. The summed E-state index contributed by atoms with van der Waals surface area (Å²) in [6, 6.07) is 3.87. The molecule has 7 heteroatoms. The maximum Gasteiger partial charge on any atom is 0.305 e. The van der Waals surface area contributed by atoms with Crippen LogP contribution in [0.5, 0.6) is 0 Å². The Hall–Kier alpha value is -2.44. The molecule has 1 aliphatic heterocycles. The van der Waals surface area contributed by atoms with Crippen LogP contribution < -0.4 is 10.2 Å². The van der Waals surface area contributed by atoms with E-state index in [1.165, 1.54) is 17.0 Å². The van der Waals surface area contributed by atoms with Crippen LogP contribution in [0.25, 0.3) is 0 Å². The van der Waals surface area contributed by atoms with Crippen LogP contribution in [0.2, 0.25) is 0 Å². The highest BCUT2D eigenvalue weighted by Crippen LogP contribution is 2.26. The predicted molar refractivity (Wildman–Crippen MR) is 81.5 cm³/mol. The molecule has 1 fully saturated rings. The van der Waals surface area contributed by atoms with Crippen LogP contribution in [-0.4, -0.2) is 35.5 Å². The molecule has 2 atom stereocenters. The van der Waals surface area contributed by atoms with Crippen molar-refractivity contribution in [1.29, 1.82) is 0 Å². The molecule has 2 amide bonds. The number of carbonyl (C=O) groups is 3. The average Bonchev–Trinajstić information content (AvgIpc) is 2.83. The first-order chi connectivity index (χ1) is 10.8. The summed E-state index contributed by atoms with van der Waals surface area (Å²) >= 11 is 0. The zero-order valence-corrected chi connectivity index (χ0v) is 13.0. The second-order valence-corrected chi connectivity index (χ2v) is 5.85. The fourth-order valence-electron chi connectivity index (χ4n) is 2.60. The number of nitrogens with zero attached hydrogens (tertiary/aromatic N) is 1. The molecule has 124 valence electrons. The van der Waals surface area contributed by atoms with Crippen molar-refractivity contribution in [2.75, 3.05) is 11.4 Å². The van der Waals surface area contributed by atoms with Crippen molar-refractivity contribution in [3.05, 3.63) is 29.6 Å². The van der Waals surface area contributed by atoms with Crippen molar-refractivity contribution in [3.63, 3.8) is 0 Å². The first-order valence-corrected chi connectivity index (χ1v) is 7.36. The molecule has 1 saturated heterocycles. The van der Waals surface area contributed by atoms with Gasteiger partial charge in [0.05, 0.1) is 12.3 Å². The summed E-state index contributed by atoms with van der Waals surface area (Å²) in [5.74, 6) is -2.43. The van der Waals surface area contributed by atoms with Gasteiger partial charge in [-0.25, -0.2) is 4.39 Å². The molecular weight excluding hydrogens is 303 g/mol. The van der Waals surface area contributed by atoms with E-state index in [1.807, 2.05) is 0 Å². The fourth-order valence-corrected chi connectivity index (χ4v) is 2.60. The smallest absolute Gasteiger partial charge is 0.305 e. The number of carboxylic acids is 1. The number of anilines is 1. The minimum atomic E-state index is -0.997. The second-order valence-electron chi connectivity index (χ2n) is 5.85. The minimum Gasteiger partial charge on any atom is -0.481 e. The molecule has 0 saturated carbocycles. The van der Waals surface area contributed by atoms with Crippen LogP contribution >= 0.6 is 0 Å². The van der Waals surface area contributed by atoms with Gasteiger partial charge in [0.2, 0.25) is 11.8 Å². The summed E-state index contributed by atoms with van der Waals surface area (Å²) in [6.45, 7) is 3.41. The van der Waals surface area contributed by atoms with Crippen molar-refractivity contribution < 1.29 is 23.9 Å². The fraction of sp³-hybridized carbons (Fsp3) is 0.438. The molecule has 0 aliphatic carbocycles. The lowest BCUT2D eigenvalue weighted by atomic mass is 10.1. The lowest BCUT2D eigenvalue weighted by Crippen LogP contribution is -2.39. The lowest BCUT2D eigenvalue weighted by molar-refractivity contribution is -0.137. The number of amides is 2. The Morgan fingerprint density at radius 2 is 2.17 bits per heavy atom. The summed E-state index contributed by atoms with van der Waals surface area (Å²) in [5.41, 5.74) is 0.987. The standard InChI is InChI=1S/C16H19FN2O4/c1-9-5-12(3-4-13(9)17)19-8-11(7-14(19)20)16(23)18-10(2)6-15(21)22/h3-5,10-11H,6-8H2,1-2H3,(H,18,23)(H,21,22). The first-order valence-electron chi connectivity index (χ1n) is 7.36. The van der Waals surface area contributed by atoms with Gasteiger partial charge in [-0.2, -0.15) is 0 Å². The maximum atomic E-state index is 13.3. The molecule has 2 N–H and O–H groups in total. The van der Waals surface area contributed by atoms with Crippen LogP contribution in [0, 0.1) is 18.7 Å². The molecular formula is C16H19FN2O4. The number of hydrogen-bond donors (Lipinski definition) is 2. The number of benzene rings is 1. The number of aryl methyl sites for hydroxylation is 1. The van der Waals surface area contributed by atoms with E-state index in [-0.39, 0.29) is 37.0 Å². The highest BCUT2D eigenvalue weighted by molar-refractivity contribution is 6.00. The number of halogens is 1. The molecule has 1 heterocycles. The molecule has 1 aromatic rings. The quantitative estimate of drug-likeness (QED) is 0.859. The van der Waals surface area contributed by atoms with Crippen molar-refractivity contribution in [2.24, 2.45) is 5.92 Å². The molecule has 2 unspecified atom stereocenters. The molecule has 1 aliphatic rings. The van der Waals surface area contributed by atoms with E-state index in [9.17, 15) is 18.8 Å². The zero-order chi connectivity index (χ0) is 17.1. The van der Waals surface area contributed by atoms with Crippen molar-refractivity contribution in [1.82, 2.24) is 5.32 Å². The van der Waals surface area contributed by atoms with Crippen LogP contribution in [-0.2, 0) is 14.4 Å². The Bertz CT molecular complexity index is 647. The van der Waals surface area contributed by atoms with E-state index in [4.69, 9.17) is 5.11 Å². The monoisotopic (exact) mass is 322 g/mol. The average molecular weight is 322 g/mol. The normalized spacial score (nSPS) is 18.8. The van der Waals surface area contributed by atoms with E-state index in [0.717, 1.165) is 0 Å². The second kappa shape index (κ2) is 6.76. The summed E-state index contributed by atoms with van der Waals surface area (Å²) < 4.78 is 13.3. The van der Waals surface area contributed by atoms with Crippen LogP contribution in [0.4, 0.5) is 10.1 Å². The van der Waals surface area contributed by atoms with Gasteiger partial charge in [0.25, 0.3) is 0 Å². The van der Waals surface area contributed by atoms with E-state index in [1.54, 1.807) is 19.9 Å². The van der Waals surface area contributed by atoms with Gasteiger partial charge in [-0.3, -0.25) is 14.4 Å². The van der Waals surface area contributed by atoms with Gasteiger partial charge in [-0.05, 0) is 37.6 Å². The molecule has 23 heavy (non-hydrogen) atoms. The number of hydrogen-bond acceptors (Lipinski definition) is 3.